The Morgan fingerprint density at radius 1 is 0.971 bits per heavy atom. The van der Waals surface area contributed by atoms with Crippen molar-refractivity contribution in [2.24, 2.45) is 0 Å². The molecule has 0 aliphatic carbocycles. The largest absolute Gasteiger partial charge is 0.495 e. The molecule has 0 atom stereocenters. The van der Waals surface area contributed by atoms with Crippen LogP contribution in [0.25, 0.3) is 10.9 Å². The number of piperidine rings is 1. The highest BCUT2D eigenvalue weighted by molar-refractivity contribution is 5.93. The number of likely N-dealkylation sites (tertiary alicyclic amines) is 2. The van der Waals surface area contributed by atoms with Crippen LogP contribution >= 0.6 is 0 Å². The van der Waals surface area contributed by atoms with Crippen LogP contribution in [0.5, 0.6) is 5.75 Å². The molecule has 3 saturated heterocycles. The summed E-state index contributed by atoms with van der Waals surface area (Å²) >= 11 is 0. The fourth-order valence-electron chi connectivity index (χ4n) is 5.54. The summed E-state index contributed by atoms with van der Waals surface area (Å²) in [6.07, 6.45) is 8.20. The molecule has 0 amide bonds. The monoisotopic (exact) mass is 476 g/mol. The van der Waals surface area contributed by atoms with Crippen molar-refractivity contribution >= 4 is 22.7 Å². The van der Waals surface area contributed by atoms with Gasteiger partial charge in [-0.1, -0.05) is 18.8 Å². The minimum absolute atomic E-state index is 0.429. The summed E-state index contributed by atoms with van der Waals surface area (Å²) < 4.78 is 5.77. The number of hydrogen-bond acceptors (Lipinski definition) is 7. The zero-order valence-electron chi connectivity index (χ0n) is 21.5. The molecule has 0 saturated carbocycles. The summed E-state index contributed by atoms with van der Waals surface area (Å²) in [4.78, 5) is 17.4. The van der Waals surface area contributed by atoms with E-state index in [1.165, 1.54) is 38.8 Å². The van der Waals surface area contributed by atoms with Crippen LogP contribution in [-0.4, -0.2) is 85.3 Å². The fourth-order valence-corrected chi connectivity index (χ4v) is 5.54. The summed E-state index contributed by atoms with van der Waals surface area (Å²) in [6, 6.07) is 4.61. The average molecular weight is 477 g/mol. The van der Waals surface area contributed by atoms with Gasteiger partial charge in [-0.05, 0) is 70.3 Å². The summed E-state index contributed by atoms with van der Waals surface area (Å²) in [7, 11) is 1.73. The van der Waals surface area contributed by atoms with Crippen LogP contribution in [0.15, 0.2) is 12.1 Å². The third-order valence-electron chi connectivity index (χ3n) is 7.74. The standard InChI is InChI=1S/C28H40N6O/c1-3-32-18-11-23(12-19-32)29-27-24-21-26(35-2)22(10-4-5-13-33-14-6-7-15-33)20-25(24)30-28(31-27)34-16-8-9-17-34/h20-21,23H,3,5-9,11-19H2,1-2H3,(H,29,30,31). The molecule has 1 aromatic heterocycles. The molecule has 1 aromatic carbocycles. The molecule has 2 aromatic rings. The van der Waals surface area contributed by atoms with Gasteiger partial charge in [0.2, 0.25) is 5.95 Å². The van der Waals surface area contributed by atoms with E-state index in [1.54, 1.807) is 7.11 Å². The molecular formula is C28H40N6O. The fraction of sp³-hybridized carbons (Fsp3) is 0.643. The van der Waals surface area contributed by atoms with Gasteiger partial charge in [-0.15, -0.1) is 0 Å². The molecule has 1 N–H and O–H groups in total. The molecule has 35 heavy (non-hydrogen) atoms. The van der Waals surface area contributed by atoms with Crippen LogP contribution in [0.4, 0.5) is 11.8 Å². The smallest absolute Gasteiger partial charge is 0.227 e. The van der Waals surface area contributed by atoms with Crippen LogP contribution in [0.3, 0.4) is 0 Å². The first-order chi connectivity index (χ1) is 17.2. The third-order valence-corrected chi connectivity index (χ3v) is 7.74. The zero-order chi connectivity index (χ0) is 24.0. The molecule has 3 fully saturated rings. The Labute approximate surface area is 210 Å². The van der Waals surface area contributed by atoms with Gasteiger partial charge in [-0.3, -0.25) is 0 Å². The first kappa shape index (κ1) is 24.1. The van der Waals surface area contributed by atoms with Crippen molar-refractivity contribution < 1.29 is 4.74 Å². The molecule has 188 valence electrons. The van der Waals surface area contributed by atoms with Gasteiger partial charge in [0.05, 0.1) is 18.2 Å². The van der Waals surface area contributed by atoms with Crippen LogP contribution < -0.4 is 15.0 Å². The number of nitrogens with one attached hydrogen (secondary N) is 1. The van der Waals surface area contributed by atoms with E-state index in [2.05, 4.69) is 50.9 Å². The maximum absolute atomic E-state index is 5.77. The lowest BCUT2D eigenvalue weighted by atomic mass is 10.0. The summed E-state index contributed by atoms with van der Waals surface area (Å²) in [5.41, 5.74) is 1.86. The van der Waals surface area contributed by atoms with Crippen molar-refractivity contribution in [3.63, 3.8) is 0 Å². The minimum atomic E-state index is 0.429. The van der Waals surface area contributed by atoms with Crippen molar-refractivity contribution in [2.45, 2.75) is 57.9 Å². The highest BCUT2D eigenvalue weighted by atomic mass is 16.5. The molecule has 3 aliphatic rings. The number of benzene rings is 1. The third kappa shape index (κ3) is 5.82. The second-order valence-electron chi connectivity index (χ2n) is 10.1. The van der Waals surface area contributed by atoms with Crippen LogP contribution in [0.2, 0.25) is 0 Å². The number of anilines is 2. The maximum atomic E-state index is 5.77. The molecule has 0 radical (unpaired) electrons. The van der Waals surface area contributed by atoms with Crippen molar-refractivity contribution in [1.29, 1.82) is 0 Å². The Kier molecular flexibility index (Phi) is 7.90. The van der Waals surface area contributed by atoms with E-state index in [-0.39, 0.29) is 0 Å². The normalized spacial score (nSPS) is 19.8. The van der Waals surface area contributed by atoms with Crippen molar-refractivity contribution in [3.8, 4) is 17.6 Å². The number of nitrogens with zero attached hydrogens (tertiary/aromatic N) is 5. The Morgan fingerprint density at radius 2 is 1.71 bits per heavy atom. The number of hydrogen-bond donors (Lipinski definition) is 1. The molecule has 7 nitrogen and oxygen atoms in total. The van der Waals surface area contributed by atoms with Crippen LogP contribution in [0.1, 0.15) is 57.4 Å². The zero-order valence-corrected chi connectivity index (χ0v) is 21.5. The number of rotatable bonds is 7. The molecule has 0 bridgehead atoms. The van der Waals surface area contributed by atoms with Crippen molar-refractivity contribution in [3.05, 3.63) is 17.7 Å². The number of fused-ring (bicyclic) bond motifs is 1. The first-order valence-electron chi connectivity index (χ1n) is 13.6. The van der Waals surface area contributed by atoms with E-state index in [0.717, 1.165) is 92.5 Å². The lowest BCUT2D eigenvalue weighted by Crippen LogP contribution is -2.39. The predicted molar refractivity (Wildman–Crippen MR) is 143 cm³/mol. The van der Waals surface area contributed by atoms with E-state index >= 15 is 0 Å². The second-order valence-corrected chi connectivity index (χ2v) is 10.1. The summed E-state index contributed by atoms with van der Waals surface area (Å²) in [5.74, 6) is 9.32. The van der Waals surface area contributed by atoms with Gasteiger partial charge < -0.3 is 24.8 Å². The maximum Gasteiger partial charge on any atom is 0.227 e. The van der Waals surface area contributed by atoms with Gasteiger partial charge in [-0.25, -0.2) is 4.98 Å². The highest BCUT2D eigenvalue weighted by Crippen LogP contribution is 2.32. The number of ether oxygens (including phenoxy) is 1. The van der Waals surface area contributed by atoms with E-state index in [9.17, 15) is 0 Å². The minimum Gasteiger partial charge on any atom is -0.495 e. The van der Waals surface area contributed by atoms with E-state index < -0.39 is 0 Å². The topological polar surface area (TPSA) is 56.8 Å². The average Bonchev–Trinajstić information content (AvgIpc) is 3.61. The SMILES string of the molecule is CCN1CCC(Nc2nc(N3CCCC3)nc3cc(C#CCCN4CCCC4)c(OC)cc23)CC1. The summed E-state index contributed by atoms with van der Waals surface area (Å²) in [6.45, 7) is 11.2. The quantitative estimate of drug-likeness (QED) is 0.607. The Morgan fingerprint density at radius 3 is 2.43 bits per heavy atom. The first-order valence-corrected chi connectivity index (χ1v) is 13.6. The molecule has 0 unspecified atom stereocenters. The molecular weight excluding hydrogens is 436 g/mol. The molecule has 7 heteroatoms. The van der Waals surface area contributed by atoms with Crippen molar-refractivity contribution in [2.75, 3.05) is 69.7 Å². The molecule has 4 heterocycles. The predicted octanol–water partition coefficient (Wildman–Crippen LogP) is 3.97. The van der Waals surface area contributed by atoms with Gasteiger partial charge in [0.25, 0.3) is 0 Å². The van der Waals surface area contributed by atoms with Gasteiger partial charge >= 0.3 is 0 Å². The Bertz CT molecular complexity index is 1060. The van der Waals surface area contributed by atoms with Gasteiger partial charge in [-0.2, -0.15) is 4.98 Å². The summed E-state index contributed by atoms with van der Waals surface area (Å²) in [5, 5.41) is 4.80. The lowest BCUT2D eigenvalue weighted by molar-refractivity contribution is 0.229. The van der Waals surface area contributed by atoms with Crippen LogP contribution in [-0.2, 0) is 0 Å². The number of aromatic nitrogens is 2. The second kappa shape index (κ2) is 11.5. The highest BCUT2D eigenvalue weighted by Gasteiger charge is 2.22. The Hall–Kier alpha value is -2.56. The van der Waals surface area contributed by atoms with Crippen molar-refractivity contribution in [1.82, 2.24) is 19.8 Å². The molecule has 3 aliphatic heterocycles. The Balaban J connectivity index is 1.43. The van der Waals surface area contributed by atoms with Crippen LogP contribution in [0, 0.1) is 11.8 Å². The van der Waals surface area contributed by atoms with E-state index in [1.807, 2.05) is 0 Å². The van der Waals surface area contributed by atoms with Gasteiger partial charge in [0.1, 0.15) is 11.6 Å². The van der Waals surface area contributed by atoms with E-state index in [4.69, 9.17) is 14.7 Å². The molecule has 0 spiro atoms. The number of methoxy groups -OCH3 is 1. The van der Waals surface area contributed by atoms with Gasteiger partial charge in [0.15, 0.2) is 0 Å². The van der Waals surface area contributed by atoms with E-state index in [0.29, 0.717) is 6.04 Å². The molecule has 5 rings (SSSR count). The van der Waals surface area contributed by atoms with Gasteiger partial charge in [0, 0.05) is 50.6 Å². The lowest BCUT2D eigenvalue weighted by Gasteiger charge is -2.32.